The summed E-state index contributed by atoms with van der Waals surface area (Å²) in [5.41, 5.74) is 0. The Morgan fingerprint density at radius 3 is 0.794 bits per heavy atom. The minimum atomic E-state index is 0.759. The number of thiol groups is 2. The molecule has 0 saturated heterocycles. The Kier molecular flexibility index (Phi) is 22.8. The summed E-state index contributed by atoms with van der Waals surface area (Å²) in [4.78, 5) is 0. The molecule has 0 saturated carbocycles. The van der Waals surface area contributed by atoms with Crippen molar-refractivity contribution in [2.45, 2.75) is 72.2 Å². The van der Waals surface area contributed by atoms with Gasteiger partial charge in [-0.1, -0.05) is 12.2 Å². The number of hydrogen-bond donors (Lipinski definition) is 2. The second-order valence-electron chi connectivity index (χ2n) is 7.31. The Morgan fingerprint density at radius 1 is 0.529 bits per heavy atom. The molecule has 0 spiro atoms. The van der Waals surface area contributed by atoms with Crippen LogP contribution in [0.4, 0.5) is 0 Å². The molecule has 0 radical (unpaired) electrons. The molecule has 0 aliphatic heterocycles. The molecule has 2 aromatic heterocycles. The van der Waals surface area contributed by atoms with Gasteiger partial charge in [-0.2, -0.15) is 0 Å². The van der Waals surface area contributed by atoms with Crippen LogP contribution in [0.2, 0.25) is 0 Å². The van der Waals surface area contributed by atoms with Crippen LogP contribution in [0, 0.1) is 6.28 Å². The van der Waals surface area contributed by atoms with Crippen molar-refractivity contribution >= 4 is 120 Å². The zero-order valence-corrected chi connectivity index (χ0v) is 30.0. The van der Waals surface area contributed by atoms with Crippen LogP contribution in [0.1, 0.15) is 55.4 Å². The lowest BCUT2D eigenvalue weighted by Gasteiger charge is -2.34. The predicted molar refractivity (Wildman–Crippen MR) is 177 cm³/mol. The van der Waals surface area contributed by atoms with Gasteiger partial charge in [0.1, 0.15) is 3.14 Å². The largest absolute Gasteiger partial charge is 0.429 e. The molecule has 0 aliphatic rings. The minimum Gasteiger partial charge on any atom is -0.429 e. The first-order chi connectivity index (χ1) is 15.9. The summed E-state index contributed by atoms with van der Waals surface area (Å²) in [5, 5.41) is 0. The molecule has 0 unspecified atom stereocenters. The zero-order valence-electron chi connectivity index (χ0n) is 21.7. The maximum Gasteiger partial charge on any atom is 0.145 e. The average molecular weight is 655 g/mol. The van der Waals surface area contributed by atoms with Crippen LogP contribution in [-0.4, -0.2) is 61.3 Å². The molecular weight excluding hydrogens is 613 g/mol. The number of hydrogen-bond acceptors (Lipinski definition) is 10. The molecule has 12 heteroatoms. The van der Waals surface area contributed by atoms with Gasteiger partial charge in [0.15, 0.2) is 0 Å². The lowest BCUT2D eigenvalue weighted by atomic mass is 10.3. The van der Waals surface area contributed by atoms with Crippen LogP contribution in [0.25, 0.3) is 0 Å². The van der Waals surface area contributed by atoms with Gasteiger partial charge in [-0.15, -0.1) is 68.6 Å². The molecule has 2 nitrogen and oxygen atoms in total. The topological polar surface area (TPSA) is 0 Å². The Labute approximate surface area is 257 Å². The SMILES string of the molecule is CC[N+](CC)(CC)CC.CC[N+](CC)(CC)CC.S=c1sc(S)c(S)s1.S=c1sc([S-])c([S-])s1. The van der Waals surface area contributed by atoms with Gasteiger partial charge in [-0.05, 0) is 58.5 Å². The molecule has 0 amide bonds. The molecule has 0 fully saturated rings. The number of nitrogens with zero attached hydrogens (tertiary/aromatic N) is 2. The second-order valence-corrected chi connectivity index (χ2v) is 16.6. The molecule has 0 N–H and O–H groups in total. The van der Waals surface area contributed by atoms with Gasteiger partial charge in [0, 0.05) is 0 Å². The van der Waals surface area contributed by atoms with Crippen LogP contribution in [0.5, 0.6) is 0 Å². The summed E-state index contributed by atoms with van der Waals surface area (Å²) in [6.07, 6.45) is 0. The summed E-state index contributed by atoms with van der Waals surface area (Å²) in [6.45, 7) is 28.4. The Balaban J connectivity index is 0. The highest BCUT2D eigenvalue weighted by Gasteiger charge is 2.16. The van der Waals surface area contributed by atoms with E-state index in [4.69, 9.17) is 49.7 Å². The van der Waals surface area contributed by atoms with Crippen LogP contribution in [0.3, 0.4) is 0 Å². The molecule has 200 valence electrons. The van der Waals surface area contributed by atoms with E-state index in [1.807, 2.05) is 0 Å². The van der Waals surface area contributed by atoms with Crippen molar-refractivity contribution in [2.75, 3.05) is 52.4 Å². The molecular formula is C22H42N2S10. The maximum atomic E-state index is 4.86. The minimum absolute atomic E-state index is 0.759. The molecule has 0 aromatic carbocycles. The van der Waals surface area contributed by atoms with E-state index in [1.54, 1.807) is 0 Å². The van der Waals surface area contributed by atoms with Gasteiger partial charge in [0.25, 0.3) is 0 Å². The van der Waals surface area contributed by atoms with Crippen molar-refractivity contribution in [3.05, 3.63) is 6.28 Å². The third kappa shape index (κ3) is 14.5. The van der Waals surface area contributed by atoms with Crippen molar-refractivity contribution in [3.8, 4) is 0 Å². The summed E-state index contributed by atoms with van der Waals surface area (Å²) in [5.74, 6) is 0. The van der Waals surface area contributed by atoms with E-state index in [0.717, 1.165) is 23.1 Å². The van der Waals surface area contributed by atoms with Crippen LogP contribution >= 0.6 is 95.0 Å². The zero-order chi connectivity index (χ0) is 26.9. The quantitative estimate of drug-likeness (QED) is 0.126. The van der Waals surface area contributed by atoms with E-state index in [2.05, 4.69) is 80.6 Å². The molecule has 34 heavy (non-hydrogen) atoms. The van der Waals surface area contributed by atoms with Crippen LogP contribution in [0.15, 0.2) is 16.8 Å². The van der Waals surface area contributed by atoms with E-state index in [-0.39, 0.29) is 0 Å². The Morgan fingerprint density at radius 2 is 0.735 bits per heavy atom. The highest BCUT2D eigenvalue weighted by molar-refractivity contribution is 7.88. The fraction of sp³-hybridized carbons (Fsp3) is 0.727. The van der Waals surface area contributed by atoms with Gasteiger partial charge in [0.05, 0.1) is 60.8 Å². The van der Waals surface area contributed by atoms with E-state index in [9.17, 15) is 0 Å². The van der Waals surface area contributed by atoms with Gasteiger partial charge < -0.3 is 56.9 Å². The van der Waals surface area contributed by atoms with Gasteiger partial charge in [-0.25, -0.2) is 0 Å². The lowest BCUT2D eigenvalue weighted by Crippen LogP contribution is -2.47. The maximum absolute atomic E-state index is 4.86. The fourth-order valence-electron chi connectivity index (χ4n) is 3.20. The number of rotatable bonds is 8. The highest BCUT2D eigenvalue weighted by Crippen LogP contribution is 2.30. The fourth-order valence-corrected chi connectivity index (χ4v) is 9.94. The molecule has 2 heterocycles. The third-order valence-electron chi connectivity index (χ3n) is 6.43. The summed E-state index contributed by atoms with van der Waals surface area (Å²) < 4.78 is 7.64. The molecule has 0 atom stereocenters. The van der Waals surface area contributed by atoms with Crippen molar-refractivity contribution < 1.29 is 8.97 Å². The smallest absolute Gasteiger partial charge is 0.145 e. The van der Waals surface area contributed by atoms with Crippen LogP contribution in [-0.2, 0) is 25.3 Å². The van der Waals surface area contributed by atoms with E-state index in [0.29, 0.717) is 0 Å². The standard InChI is InChI=1S/2C8H20N.2C3H2S5/c2*1-5-9(6-2,7-3)8-4;2*4-1-2(5)8-3(6)7-1/h2*5-8H2,1-4H3;2*4-5H/q2*+1;;/p-2. The molecule has 0 aliphatic carbocycles. The van der Waals surface area contributed by atoms with E-state index in [1.165, 1.54) is 107 Å². The highest BCUT2D eigenvalue weighted by atomic mass is 32.2. The third-order valence-corrected chi connectivity index (χ3v) is 13.7. The first-order valence-corrected chi connectivity index (χ1v) is 17.4. The van der Waals surface area contributed by atoms with Crippen molar-refractivity contribution in [3.63, 3.8) is 0 Å². The molecule has 2 rings (SSSR count). The van der Waals surface area contributed by atoms with E-state index < -0.39 is 0 Å². The van der Waals surface area contributed by atoms with E-state index >= 15 is 0 Å². The van der Waals surface area contributed by atoms with Gasteiger partial charge >= 0.3 is 0 Å². The monoisotopic (exact) mass is 654 g/mol. The predicted octanol–water partition coefficient (Wildman–Crippen LogP) is 9.23. The summed E-state index contributed by atoms with van der Waals surface area (Å²) in [6, 6.07) is 0. The Hall–Kier alpha value is 1.60. The van der Waals surface area contributed by atoms with Crippen molar-refractivity contribution in [1.29, 1.82) is 0 Å². The second kappa shape index (κ2) is 20.5. The summed E-state index contributed by atoms with van der Waals surface area (Å²) >= 11 is 33.4. The molecule has 0 bridgehead atoms. The van der Waals surface area contributed by atoms with Crippen LogP contribution < -0.4 is 0 Å². The van der Waals surface area contributed by atoms with Crippen molar-refractivity contribution in [2.24, 2.45) is 0 Å². The van der Waals surface area contributed by atoms with Crippen molar-refractivity contribution in [1.82, 2.24) is 0 Å². The first-order valence-electron chi connectivity index (χ1n) is 11.6. The Bertz CT molecular complexity index is 721. The normalized spacial score (nSPS) is 10.9. The first kappa shape index (κ1) is 37.8. The average Bonchev–Trinajstić information content (AvgIpc) is 3.29. The molecule has 2 aromatic rings. The lowest BCUT2D eigenvalue weighted by molar-refractivity contribution is -0.921. The number of quaternary nitrogens is 2. The summed E-state index contributed by atoms with van der Waals surface area (Å²) in [7, 11) is 0. The van der Waals surface area contributed by atoms with Gasteiger partial charge in [0.2, 0.25) is 0 Å². The van der Waals surface area contributed by atoms with Gasteiger partial charge in [-0.3, -0.25) is 0 Å².